The van der Waals surface area contributed by atoms with E-state index in [1.54, 1.807) is 27.8 Å². The molecule has 0 saturated heterocycles. The number of likely N-dealkylation sites (N-methyl/N-ethyl adjacent to an activating group) is 1. The SMILES string of the molecule is CNC(C)(C)C(=O)CC(CCC(=O)O)NC(C)C(C)=O. The number of rotatable bonds is 10. The number of ketones is 2. The summed E-state index contributed by atoms with van der Waals surface area (Å²) in [6.07, 6.45) is 0.479. The second kappa shape index (κ2) is 8.11. The fraction of sp³-hybridized carbons (Fsp3) is 0.786. The maximum absolute atomic E-state index is 12.2. The summed E-state index contributed by atoms with van der Waals surface area (Å²) in [6.45, 7) is 6.73. The topological polar surface area (TPSA) is 95.5 Å². The van der Waals surface area contributed by atoms with E-state index < -0.39 is 11.5 Å². The van der Waals surface area contributed by atoms with Gasteiger partial charge in [0, 0.05) is 18.9 Å². The van der Waals surface area contributed by atoms with E-state index in [1.807, 2.05) is 0 Å². The van der Waals surface area contributed by atoms with Gasteiger partial charge < -0.3 is 15.7 Å². The summed E-state index contributed by atoms with van der Waals surface area (Å²) >= 11 is 0. The third kappa shape index (κ3) is 6.77. The van der Waals surface area contributed by atoms with Crippen molar-refractivity contribution in [1.82, 2.24) is 10.6 Å². The van der Waals surface area contributed by atoms with Crippen molar-refractivity contribution in [2.45, 2.75) is 64.6 Å². The Hall–Kier alpha value is -1.27. The van der Waals surface area contributed by atoms with Crippen LogP contribution in [0.2, 0.25) is 0 Å². The Morgan fingerprint density at radius 1 is 1.25 bits per heavy atom. The molecular formula is C14H26N2O4. The summed E-state index contributed by atoms with van der Waals surface area (Å²) in [5.41, 5.74) is -0.664. The van der Waals surface area contributed by atoms with E-state index in [0.29, 0.717) is 6.42 Å². The number of hydrogen-bond acceptors (Lipinski definition) is 5. The van der Waals surface area contributed by atoms with Gasteiger partial charge in [-0.1, -0.05) is 0 Å². The Bertz CT molecular complexity index is 366. The standard InChI is InChI=1S/C14H26N2O4/c1-9(10(2)17)16-11(6-7-13(19)20)8-12(18)14(3,4)15-5/h9,11,15-16H,6-8H2,1-5H3,(H,19,20). The highest BCUT2D eigenvalue weighted by Gasteiger charge is 2.28. The molecule has 0 rings (SSSR count). The number of carboxylic acids is 1. The first kappa shape index (κ1) is 18.7. The van der Waals surface area contributed by atoms with E-state index in [2.05, 4.69) is 10.6 Å². The number of nitrogens with one attached hydrogen (secondary N) is 2. The molecule has 0 aliphatic carbocycles. The average molecular weight is 286 g/mol. The molecule has 0 aliphatic heterocycles. The van der Waals surface area contributed by atoms with Crippen LogP contribution >= 0.6 is 0 Å². The van der Waals surface area contributed by atoms with Crippen LogP contribution in [0.5, 0.6) is 0 Å². The lowest BCUT2D eigenvalue weighted by Crippen LogP contribution is -2.49. The normalized spacial score (nSPS) is 14.7. The number of carboxylic acid groups (broad SMARTS) is 1. The minimum absolute atomic E-state index is 0.0151. The molecule has 0 bridgehead atoms. The van der Waals surface area contributed by atoms with Crippen molar-refractivity contribution in [1.29, 1.82) is 0 Å². The fourth-order valence-electron chi connectivity index (χ4n) is 1.63. The van der Waals surface area contributed by atoms with Crippen molar-refractivity contribution < 1.29 is 19.5 Å². The largest absolute Gasteiger partial charge is 0.481 e. The van der Waals surface area contributed by atoms with Gasteiger partial charge in [0.05, 0.1) is 11.6 Å². The molecule has 0 fully saturated rings. The number of aliphatic carboxylic acids is 1. The summed E-state index contributed by atoms with van der Waals surface area (Å²) in [4.78, 5) is 34.1. The monoisotopic (exact) mass is 286 g/mol. The van der Waals surface area contributed by atoms with Crippen LogP contribution in [0.3, 0.4) is 0 Å². The third-order valence-corrected chi connectivity index (χ3v) is 3.56. The molecule has 20 heavy (non-hydrogen) atoms. The minimum atomic E-state index is -0.910. The number of Topliss-reactive ketones (excluding diaryl/α,β-unsaturated/α-hetero) is 2. The lowest BCUT2D eigenvalue weighted by atomic mass is 9.92. The highest BCUT2D eigenvalue weighted by atomic mass is 16.4. The summed E-state index contributed by atoms with van der Waals surface area (Å²) in [5, 5.41) is 14.7. The maximum Gasteiger partial charge on any atom is 0.303 e. The Morgan fingerprint density at radius 2 is 1.80 bits per heavy atom. The molecule has 2 atom stereocenters. The molecular weight excluding hydrogens is 260 g/mol. The second-order valence-electron chi connectivity index (χ2n) is 5.63. The van der Waals surface area contributed by atoms with Crippen molar-refractivity contribution in [2.24, 2.45) is 0 Å². The molecule has 0 aromatic rings. The molecule has 0 aliphatic rings. The smallest absolute Gasteiger partial charge is 0.303 e. The van der Waals surface area contributed by atoms with Gasteiger partial charge >= 0.3 is 5.97 Å². The molecule has 0 amide bonds. The van der Waals surface area contributed by atoms with Crippen LogP contribution in [-0.2, 0) is 14.4 Å². The Morgan fingerprint density at radius 3 is 2.20 bits per heavy atom. The molecule has 0 spiro atoms. The zero-order valence-electron chi connectivity index (χ0n) is 12.9. The van der Waals surface area contributed by atoms with Crippen LogP contribution in [0.15, 0.2) is 0 Å². The highest BCUT2D eigenvalue weighted by Crippen LogP contribution is 2.12. The van der Waals surface area contributed by atoms with Gasteiger partial charge in [-0.15, -0.1) is 0 Å². The average Bonchev–Trinajstić information content (AvgIpc) is 2.35. The lowest BCUT2D eigenvalue weighted by Gasteiger charge is -2.27. The molecule has 116 valence electrons. The first-order valence-electron chi connectivity index (χ1n) is 6.80. The van der Waals surface area contributed by atoms with Crippen LogP contribution in [0, 0.1) is 0 Å². The van der Waals surface area contributed by atoms with Crippen molar-refractivity contribution in [3.05, 3.63) is 0 Å². The summed E-state index contributed by atoms with van der Waals surface area (Å²) in [5.74, 6) is -0.961. The van der Waals surface area contributed by atoms with Gasteiger partial charge in [0.1, 0.15) is 5.78 Å². The molecule has 0 aromatic heterocycles. The van der Waals surface area contributed by atoms with Gasteiger partial charge in [0.15, 0.2) is 5.78 Å². The predicted molar refractivity (Wildman–Crippen MR) is 76.7 cm³/mol. The van der Waals surface area contributed by atoms with Gasteiger partial charge in [0.2, 0.25) is 0 Å². The first-order valence-corrected chi connectivity index (χ1v) is 6.80. The maximum atomic E-state index is 12.2. The van der Waals surface area contributed by atoms with Crippen LogP contribution < -0.4 is 10.6 Å². The summed E-state index contributed by atoms with van der Waals surface area (Å²) in [6, 6.07) is -0.704. The first-order chi connectivity index (χ1) is 9.10. The van der Waals surface area contributed by atoms with Gasteiger partial charge in [-0.3, -0.25) is 14.4 Å². The van der Waals surface area contributed by atoms with Crippen LogP contribution in [-0.4, -0.2) is 47.3 Å². The van der Waals surface area contributed by atoms with Gasteiger partial charge in [-0.2, -0.15) is 0 Å². The van der Waals surface area contributed by atoms with Crippen molar-refractivity contribution >= 4 is 17.5 Å². The Balaban J connectivity index is 4.71. The van der Waals surface area contributed by atoms with Crippen LogP contribution in [0.1, 0.15) is 47.0 Å². The van der Waals surface area contributed by atoms with Crippen molar-refractivity contribution in [3.8, 4) is 0 Å². The van der Waals surface area contributed by atoms with E-state index in [-0.39, 0.29) is 36.5 Å². The summed E-state index contributed by atoms with van der Waals surface area (Å²) < 4.78 is 0. The molecule has 0 aromatic carbocycles. The number of carbonyl (C=O) groups is 3. The molecule has 0 heterocycles. The Labute approximate surface area is 120 Å². The molecule has 6 nitrogen and oxygen atoms in total. The summed E-state index contributed by atoms with van der Waals surface area (Å²) in [7, 11) is 1.70. The predicted octanol–water partition coefficient (Wildman–Crippen LogP) is 0.744. The molecule has 2 unspecified atom stereocenters. The molecule has 0 saturated carbocycles. The number of hydrogen-bond donors (Lipinski definition) is 3. The van der Waals surface area contributed by atoms with Gasteiger partial charge in [-0.25, -0.2) is 0 Å². The van der Waals surface area contributed by atoms with Gasteiger partial charge in [0.25, 0.3) is 0 Å². The number of carbonyl (C=O) groups excluding carboxylic acids is 2. The Kier molecular flexibility index (Phi) is 7.60. The van der Waals surface area contributed by atoms with E-state index in [0.717, 1.165) is 0 Å². The molecule has 6 heteroatoms. The van der Waals surface area contributed by atoms with Crippen LogP contribution in [0.25, 0.3) is 0 Å². The van der Waals surface area contributed by atoms with E-state index in [9.17, 15) is 14.4 Å². The van der Waals surface area contributed by atoms with Crippen molar-refractivity contribution in [3.63, 3.8) is 0 Å². The highest BCUT2D eigenvalue weighted by molar-refractivity contribution is 5.88. The molecule has 0 radical (unpaired) electrons. The van der Waals surface area contributed by atoms with Gasteiger partial charge in [-0.05, 0) is 41.2 Å². The van der Waals surface area contributed by atoms with E-state index >= 15 is 0 Å². The zero-order valence-corrected chi connectivity index (χ0v) is 12.9. The fourth-order valence-corrected chi connectivity index (χ4v) is 1.63. The van der Waals surface area contributed by atoms with Crippen molar-refractivity contribution in [2.75, 3.05) is 7.05 Å². The quantitative estimate of drug-likeness (QED) is 0.548. The zero-order chi connectivity index (χ0) is 15.9. The van der Waals surface area contributed by atoms with E-state index in [1.165, 1.54) is 6.92 Å². The lowest BCUT2D eigenvalue weighted by molar-refractivity contribution is -0.137. The van der Waals surface area contributed by atoms with E-state index in [4.69, 9.17) is 5.11 Å². The second-order valence-corrected chi connectivity index (χ2v) is 5.63. The third-order valence-electron chi connectivity index (χ3n) is 3.56. The minimum Gasteiger partial charge on any atom is -0.481 e. The van der Waals surface area contributed by atoms with Crippen LogP contribution in [0.4, 0.5) is 0 Å². The molecule has 3 N–H and O–H groups in total.